The predicted molar refractivity (Wildman–Crippen MR) is 53.1 cm³/mol. The third-order valence-electron chi connectivity index (χ3n) is 2.60. The van der Waals surface area contributed by atoms with Crippen LogP contribution in [0.15, 0.2) is 0 Å². The van der Waals surface area contributed by atoms with Gasteiger partial charge >= 0.3 is 6.18 Å². The Morgan fingerprint density at radius 2 is 1.50 bits per heavy atom. The molecule has 0 radical (unpaired) electrons. The number of unbranched alkanes of at least 4 members (excludes halogenated alkanes) is 1. The average molecular weight is 210 g/mol. The van der Waals surface area contributed by atoms with E-state index in [1.165, 1.54) is 13.8 Å². The van der Waals surface area contributed by atoms with Crippen molar-refractivity contribution in [3.05, 3.63) is 0 Å². The van der Waals surface area contributed by atoms with Crippen LogP contribution in [0, 0.1) is 11.3 Å². The summed E-state index contributed by atoms with van der Waals surface area (Å²) < 4.78 is 37.3. The van der Waals surface area contributed by atoms with Gasteiger partial charge in [-0.3, -0.25) is 0 Å². The molecule has 0 bridgehead atoms. The van der Waals surface area contributed by atoms with Crippen LogP contribution in [-0.4, -0.2) is 6.18 Å². The SMILES string of the molecule is CC(C)CCCCC(C)(C)C(F)(F)F. The highest BCUT2D eigenvalue weighted by Gasteiger charge is 2.46. The lowest BCUT2D eigenvalue weighted by Crippen LogP contribution is -2.31. The van der Waals surface area contributed by atoms with E-state index in [-0.39, 0.29) is 6.42 Å². The molecular weight excluding hydrogens is 189 g/mol. The summed E-state index contributed by atoms with van der Waals surface area (Å²) in [6, 6.07) is 0. The Balaban J connectivity index is 3.78. The molecule has 0 rings (SSSR count). The first kappa shape index (κ1) is 13.8. The Morgan fingerprint density at radius 1 is 1.00 bits per heavy atom. The third kappa shape index (κ3) is 4.87. The average Bonchev–Trinajstić information content (AvgIpc) is 1.95. The van der Waals surface area contributed by atoms with Gasteiger partial charge in [0.25, 0.3) is 0 Å². The molecular formula is C11H21F3. The second-order valence-corrected chi connectivity index (χ2v) is 5.02. The van der Waals surface area contributed by atoms with Crippen LogP contribution in [0.25, 0.3) is 0 Å². The van der Waals surface area contributed by atoms with Gasteiger partial charge in [0.1, 0.15) is 0 Å². The standard InChI is InChI=1S/C11H21F3/c1-9(2)7-5-6-8-10(3,4)11(12,13)14/h9H,5-8H2,1-4H3. The van der Waals surface area contributed by atoms with Crippen molar-refractivity contribution in [2.45, 2.75) is 59.6 Å². The van der Waals surface area contributed by atoms with Crippen LogP contribution in [-0.2, 0) is 0 Å². The zero-order valence-electron chi connectivity index (χ0n) is 9.54. The molecule has 86 valence electrons. The van der Waals surface area contributed by atoms with E-state index in [0.29, 0.717) is 12.3 Å². The molecule has 0 N–H and O–H groups in total. The molecule has 0 heterocycles. The molecule has 0 aliphatic rings. The Kier molecular flexibility index (Phi) is 4.96. The fourth-order valence-corrected chi connectivity index (χ4v) is 1.26. The van der Waals surface area contributed by atoms with E-state index in [4.69, 9.17) is 0 Å². The molecule has 0 saturated carbocycles. The van der Waals surface area contributed by atoms with Gasteiger partial charge in [-0.1, -0.05) is 47.0 Å². The van der Waals surface area contributed by atoms with Crippen molar-refractivity contribution >= 4 is 0 Å². The van der Waals surface area contributed by atoms with Gasteiger partial charge in [0.15, 0.2) is 0 Å². The second kappa shape index (κ2) is 5.04. The minimum atomic E-state index is -4.06. The Morgan fingerprint density at radius 3 is 1.86 bits per heavy atom. The normalized spacial score (nSPS) is 13.7. The zero-order valence-corrected chi connectivity index (χ0v) is 9.54. The summed E-state index contributed by atoms with van der Waals surface area (Å²) in [4.78, 5) is 0. The number of alkyl halides is 3. The molecule has 0 amide bonds. The van der Waals surface area contributed by atoms with Gasteiger partial charge in [0, 0.05) is 0 Å². The molecule has 0 fully saturated rings. The van der Waals surface area contributed by atoms with Crippen LogP contribution in [0.1, 0.15) is 53.4 Å². The van der Waals surface area contributed by atoms with E-state index in [1.54, 1.807) is 0 Å². The van der Waals surface area contributed by atoms with E-state index in [2.05, 4.69) is 13.8 Å². The van der Waals surface area contributed by atoms with E-state index in [0.717, 1.165) is 12.8 Å². The maximum Gasteiger partial charge on any atom is 0.393 e. The summed E-state index contributed by atoms with van der Waals surface area (Å²) in [6.07, 6.45) is -1.23. The van der Waals surface area contributed by atoms with Crippen LogP contribution < -0.4 is 0 Å². The number of halogens is 3. The minimum absolute atomic E-state index is 0.239. The molecule has 0 aliphatic carbocycles. The maximum atomic E-state index is 12.4. The van der Waals surface area contributed by atoms with Crippen molar-refractivity contribution in [3.63, 3.8) is 0 Å². The maximum absolute atomic E-state index is 12.4. The molecule has 0 unspecified atom stereocenters. The van der Waals surface area contributed by atoms with Crippen LogP contribution >= 0.6 is 0 Å². The lowest BCUT2D eigenvalue weighted by atomic mass is 9.86. The first-order chi connectivity index (χ1) is 6.17. The van der Waals surface area contributed by atoms with Crippen LogP contribution in [0.4, 0.5) is 13.2 Å². The molecule has 14 heavy (non-hydrogen) atoms. The summed E-state index contributed by atoms with van der Waals surface area (Å²) in [6.45, 7) is 6.74. The second-order valence-electron chi connectivity index (χ2n) is 5.02. The van der Waals surface area contributed by atoms with Gasteiger partial charge in [-0.15, -0.1) is 0 Å². The van der Waals surface area contributed by atoms with Crippen molar-refractivity contribution in [3.8, 4) is 0 Å². The van der Waals surface area contributed by atoms with Crippen molar-refractivity contribution < 1.29 is 13.2 Å². The van der Waals surface area contributed by atoms with Crippen LogP contribution in [0.2, 0.25) is 0 Å². The number of rotatable bonds is 5. The molecule has 0 aliphatic heterocycles. The van der Waals surface area contributed by atoms with Gasteiger partial charge in [-0.25, -0.2) is 0 Å². The highest BCUT2D eigenvalue weighted by Crippen LogP contribution is 2.41. The van der Waals surface area contributed by atoms with Crippen molar-refractivity contribution in [1.29, 1.82) is 0 Å². The van der Waals surface area contributed by atoms with Crippen LogP contribution in [0.5, 0.6) is 0 Å². The molecule has 0 aromatic rings. The molecule has 3 heteroatoms. The molecule has 0 atom stereocenters. The van der Waals surface area contributed by atoms with Gasteiger partial charge in [-0.05, 0) is 12.3 Å². The lowest BCUT2D eigenvalue weighted by molar-refractivity contribution is -0.214. The predicted octanol–water partition coefficient (Wildman–Crippen LogP) is 4.79. The van der Waals surface area contributed by atoms with E-state index < -0.39 is 11.6 Å². The van der Waals surface area contributed by atoms with Crippen LogP contribution in [0.3, 0.4) is 0 Å². The Labute approximate surface area is 84.9 Å². The topological polar surface area (TPSA) is 0 Å². The third-order valence-corrected chi connectivity index (χ3v) is 2.60. The molecule has 0 saturated heterocycles. The Hall–Kier alpha value is -0.210. The fourth-order valence-electron chi connectivity index (χ4n) is 1.26. The summed E-state index contributed by atoms with van der Waals surface area (Å²) in [5.74, 6) is 0.587. The summed E-state index contributed by atoms with van der Waals surface area (Å²) in [5, 5.41) is 0. The van der Waals surface area contributed by atoms with Crippen molar-refractivity contribution in [1.82, 2.24) is 0 Å². The first-order valence-corrected chi connectivity index (χ1v) is 5.23. The van der Waals surface area contributed by atoms with Gasteiger partial charge in [0.05, 0.1) is 5.41 Å². The summed E-state index contributed by atoms with van der Waals surface area (Å²) in [7, 11) is 0. The van der Waals surface area contributed by atoms with E-state index in [9.17, 15) is 13.2 Å². The zero-order chi connectivity index (χ0) is 11.4. The highest BCUT2D eigenvalue weighted by molar-refractivity contribution is 4.76. The highest BCUT2D eigenvalue weighted by atomic mass is 19.4. The lowest BCUT2D eigenvalue weighted by Gasteiger charge is -2.27. The minimum Gasteiger partial charge on any atom is -0.171 e. The summed E-state index contributed by atoms with van der Waals surface area (Å²) in [5.41, 5.74) is -1.52. The van der Waals surface area contributed by atoms with E-state index in [1.807, 2.05) is 0 Å². The molecule has 0 aromatic heterocycles. The van der Waals surface area contributed by atoms with Gasteiger partial charge in [0.2, 0.25) is 0 Å². The van der Waals surface area contributed by atoms with Gasteiger partial charge in [-0.2, -0.15) is 13.2 Å². The monoisotopic (exact) mass is 210 g/mol. The smallest absolute Gasteiger partial charge is 0.171 e. The molecule has 0 aromatic carbocycles. The molecule has 0 spiro atoms. The summed E-state index contributed by atoms with van der Waals surface area (Å²) >= 11 is 0. The molecule has 0 nitrogen and oxygen atoms in total. The fraction of sp³-hybridized carbons (Fsp3) is 1.00. The van der Waals surface area contributed by atoms with Gasteiger partial charge < -0.3 is 0 Å². The largest absolute Gasteiger partial charge is 0.393 e. The van der Waals surface area contributed by atoms with Crippen molar-refractivity contribution in [2.24, 2.45) is 11.3 Å². The Bertz CT molecular complexity index is 156. The van der Waals surface area contributed by atoms with Crippen molar-refractivity contribution in [2.75, 3.05) is 0 Å². The number of hydrogen-bond donors (Lipinski definition) is 0. The quantitative estimate of drug-likeness (QED) is 0.572. The van der Waals surface area contributed by atoms with E-state index >= 15 is 0 Å². The number of hydrogen-bond acceptors (Lipinski definition) is 0. The first-order valence-electron chi connectivity index (χ1n) is 5.23.